The summed E-state index contributed by atoms with van der Waals surface area (Å²) in [6.45, 7) is 6.02. The van der Waals surface area contributed by atoms with Crippen LogP contribution in [0.2, 0.25) is 0 Å². The SMILES string of the molecule is COCCNC1CC(C)OC(C)C1. The molecule has 0 amide bonds. The molecule has 3 heteroatoms. The van der Waals surface area contributed by atoms with Gasteiger partial charge in [0.2, 0.25) is 0 Å². The van der Waals surface area contributed by atoms with Gasteiger partial charge in [-0.25, -0.2) is 0 Å². The summed E-state index contributed by atoms with van der Waals surface area (Å²) in [5, 5.41) is 3.48. The predicted molar refractivity (Wildman–Crippen MR) is 52.9 cm³/mol. The first-order valence-corrected chi connectivity index (χ1v) is 5.10. The topological polar surface area (TPSA) is 30.5 Å². The summed E-state index contributed by atoms with van der Waals surface area (Å²) < 4.78 is 10.6. The molecule has 0 spiro atoms. The van der Waals surface area contributed by atoms with Crippen LogP contribution in [0.5, 0.6) is 0 Å². The molecule has 2 unspecified atom stereocenters. The van der Waals surface area contributed by atoms with Crippen molar-refractivity contribution < 1.29 is 9.47 Å². The van der Waals surface area contributed by atoms with Gasteiger partial charge < -0.3 is 14.8 Å². The first kappa shape index (κ1) is 11.0. The Balaban J connectivity index is 2.17. The molecule has 0 aliphatic carbocycles. The molecular formula is C10H21NO2. The molecule has 1 aliphatic heterocycles. The quantitative estimate of drug-likeness (QED) is 0.670. The lowest BCUT2D eigenvalue weighted by Crippen LogP contribution is -2.42. The zero-order valence-corrected chi connectivity index (χ0v) is 8.88. The summed E-state index contributed by atoms with van der Waals surface area (Å²) in [4.78, 5) is 0. The van der Waals surface area contributed by atoms with Gasteiger partial charge >= 0.3 is 0 Å². The number of ether oxygens (including phenoxy) is 2. The van der Waals surface area contributed by atoms with Crippen LogP contribution < -0.4 is 5.32 Å². The van der Waals surface area contributed by atoms with Crippen LogP contribution in [-0.4, -0.2) is 38.5 Å². The van der Waals surface area contributed by atoms with E-state index in [2.05, 4.69) is 19.2 Å². The van der Waals surface area contributed by atoms with Gasteiger partial charge in [-0.1, -0.05) is 0 Å². The smallest absolute Gasteiger partial charge is 0.0587 e. The van der Waals surface area contributed by atoms with Gasteiger partial charge in [0.25, 0.3) is 0 Å². The summed E-state index contributed by atoms with van der Waals surface area (Å²) in [5.74, 6) is 0. The van der Waals surface area contributed by atoms with E-state index in [1.807, 2.05) is 0 Å². The highest BCUT2D eigenvalue weighted by atomic mass is 16.5. The lowest BCUT2D eigenvalue weighted by Gasteiger charge is -2.32. The molecule has 2 atom stereocenters. The fourth-order valence-corrected chi connectivity index (χ4v) is 1.94. The maximum Gasteiger partial charge on any atom is 0.0587 e. The Morgan fingerprint density at radius 2 is 1.92 bits per heavy atom. The molecule has 0 aromatic rings. The zero-order chi connectivity index (χ0) is 9.68. The molecule has 0 bridgehead atoms. The van der Waals surface area contributed by atoms with Crippen LogP contribution in [0.4, 0.5) is 0 Å². The van der Waals surface area contributed by atoms with Crippen LogP contribution in [0.3, 0.4) is 0 Å². The highest BCUT2D eigenvalue weighted by Gasteiger charge is 2.23. The summed E-state index contributed by atoms with van der Waals surface area (Å²) in [6, 6.07) is 0.605. The van der Waals surface area contributed by atoms with E-state index in [-0.39, 0.29) is 0 Å². The molecule has 1 aliphatic rings. The molecule has 1 saturated heterocycles. The molecule has 3 nitrogen and oxygen atoms in total. The van der Waals surface area contributed by atoms with Crippen molar-refractivity contribution in [2.45, 2.75) is 44.9 Å². The molecule has 1 fully saturated rings. The van der Waals surface area contributed by atoms with E-state index in [1.54, 1.807) is 7.11 Å². The van der Waals surface area contributed by atoms with Crippen molar-refractivity contribution in [1.82, 2.24) is 5.32 Å². The van der Waals surface area contributed by atoms with Gasteiger partial charge in [0.15, 0.2) is 0 Å². The average Bonchev–Trinajstić information content (AvgIpc) is 2.03. The minimum absolute atomic E-state index is 0.392. The fourth-order valence-electron chi connectivity index (χ4n) is 1.94. The highest BCUT2D eigenvalue weighted by molar-refractivity contribution is 4.78. The van der Waals surface area contributed by atoms with Crippen LogP contribution in [0.25, 0.3) is 0 Å². The van der Waals surface area contributed by atoms with E-state index in [9.17, 15) is 0 Å². The Morgan fingerprint density at radius 1 is 1.31 bits per heavy atom. The standard InChI is InChI=1S/C10H21NO2/c1-8-6-10(7-9(2)13-8)11-4-5-12-3/h8-11H,4-7H2,1-3H3. The van der Waals surface area contributed by atoms with Gasteiger partial charge in [0, 0.05) is 19.7 Å². The maximum absolute atomic E-state index is 5.65. The van der Waals surface area contributed by atoms with Crippen LogP contribution in [0.1, 0.15) is 26.7 Å². The van der Waals surface area contributed by atoms with E-state index < -0.39 is 0 Å². The Kier molecular flexibility index (Phi) is 4.70. The first-order valence-electron chi connectivity index (χ1n) is 5.10. The van der Waals surface area contributed by atoms with Crippen LogP contribution in [0, 0.1) is 0 Å². The summed E-state index contributed by atoms with van der Waals surface area (Å²) in [7, 11) is 1.73. The first-order chi connectivity index (χ1) is 6.22. The average molecular weight is 187 g/mol. The van der Waals surface area contributed by atoms with Gasteiger partial charge in [-0.3, -0.25) is 0 Å². The van der Waals surface area contributed by atoms with Crippen molar-refractivity contribution in [3.63, 3.8) is 0 Å². The normalized spacial score (nSPS) is 34.8. The van der Waals surface area contributed by atoms with Crippen LogP contribution >= 0.6 is 0 Å². The van der Waals surface area contributed by atoms with Crippen molar-refractivity contribution in [2.24, 2.45) is 0 Å². The van der Waals surface area contributed by atoms with E-state index in [0.29, 0.717) is 18.2 Å². The van der Waals surface area contributed by atoms with Gasteiger partial charge in [-0.05, 0) is 26.7 Å². The largest absolute Gasteiger partial charge is 0.383 e. The fraction of sp³-hybridized carbons (Fsp3) is 1.00. The molecule has 0 radical (unpaired) electrons. The van der Waals surface area contributed by atoms with E-state index in [4.69, 9.17) is 9.47 Å². The van der Waals surface area contributed by atoms with Gasteiger partial charge in [0.1, 0.15) is 0 Å². The molecule has 13 heavy (non-hydrogen) atoms. The molecule has 0 saturated carbocycles. The predicted octanol–water partition coefficient (Wildman–Crippen LogP) is 1.18. The molecule has 1 heterocycles. The zero-order valence-electron chi connectivity index (χ0n) is 8.88. The molecular weight excluding hydrogens is 166 g/mol. The van der Waals surface area contributed by atoms with Gasteiger partial charge in [0.05, 0.1) is 18.8 Å². The number of hydrogen-bond acceptors (Lipinski definition) is 3. The van der Waals surface area contributed by atoms with Crippen molar-refractivity contribution in [2.75, 3.05) is 20.3 Å². The van der Waals surface area contributed by atoms with Crippen molar-refractivity contribution in [1.29, 1.82) is 0 Å². The van der Waals surface area contributed by atoms with E-state index in [0.717, 1.165) is 26.0 Å². The third kappa shape index (κ3) is 4.07. The van der Waals surface area contributed by atoms with E-state index >= 15 is 0 Å². The number of nitrogens with one attached hydrogen (secondary N) is 1. The van der Waals surface area contributed by atoms with Crippen LogP contribution in [0.15, 0.2) is 0 Å². The number of hydrogen-bond donors (Lipinski definition) is 1. The Hall–Kier alpha value is -0.120. The van der Waals surface area contributed by atoms with E-state index in [1.165, 1.54) is 0 Å². The molecule has 1 rings (SSSR count). The van der Waals surface area contributed by atoms with Crippen molar-refractivity contribution >= 4 is 0 Å². The van der Waals surface area contributed by atoms with Gasteiger partial charge in [-0.2, -0.15) is 0 Å². The molecule has 78 valence electrons. The second-order valence-corrected chi connectivity index (χ2v) is 3.87. The molecule has 0 aromatic heterocycles. The third-order valence-corrected chi connectivity index (χ3v) is 2.44. The lowest BCUT2D eigenvalue weighted by molar-refractivity contribution is -0.0425. The lowest BCUT2D eigenvalue weighted by atomic mass is 10.00. The number of methoxy groups -OCH3 is 1. The van der Waals surface area contributed by atoms with Gasteiger partial charge in [-0.15, -0.1) is 0 Å². The monoisotopic (exact) mass is 187 g/mol. The summed E-state index contributed by atoms with van der Waals surface area (Å²) >= 11 is 0. The van der Waals surface area contributed by atoms with Crippen molar-refractivity contribution in [3.8, 4) is 0 Å². The Labute approximate surface area is 80.8 Å². The molecule has 1 N–H and O–H groups in total. The van der Waals surface area contributed by atoms with Crippen molar-refractivity contribution in [3.05, 3.63) is 0 Å². The third-order valence-electron chi connectivity index (χ3n) is 2.44. The summed E-state index contributed by atoms with van der Waals surface area (Å²) in [6.07, 6.45) is 3.02. The second-order valence-electron chi connectivity index (χ2n) is 3.87. The number of rotatable bonds is 4. The summed E-state index contributed by atoms with van der Waals surface area (Å²) in [5.41, 5.74) is 0. The maximum atomic E-state index is 5.65. The minimum atomic E-state index is 0.392. The Bertz CT molecular complexity index is 131. The highest BCUT2D eigenvalue weighted by Crippen LogP contribution is 2.18. The molecule has 0 aromatic carbocycles. The minimum Gasteiger partial charge on any atom is -0.383 e. The second kappa shape index (κ2) is 5.58. The van der Waals surface area contributed by atoms with Crippen LogP contribution in [-0.2, 0) is 9.47 Å². The Morgan fingerprint density at radius 3 is 2.46 bits per heavy atom.